The molecule has 0 bridgehead atoms. The lowest BCUT2D eigenvalue weighted by Crippen LogP contribution is -2.36. The first kappa shape index (κ1) is 24.7. The van der Waals surface area contributed by atoms with Crippen molar-refractivity contribution >= 4 is 39.2 Å². The average Bonchev–Trinajstić information content (AvgIpc) is 3.29. The van der Waals surface area contributed by atoms with Crippen molar-refractivity contribution in [2.75, 3.05) is 17.5 Å². The van der Waals surface area contributed by atoms with Gasteiger partial charge in [-0.3, -0.25) is 9.10 Å². The van der Waals surface area contributed by atoms with E-state index in [1.54, 1.807) is 0 Å². The van der Waals surface area contributed by atoms with E-state index in [4.69, 9.17) is 16.3 Å². The molecule has 0 spiro atoms. The summed E-state index contributed by atoms with van der Waals surface area (Å²) in [6.07, 6.45) is 5.26. The summed E-state index contributed by atoms with van der Waals surface area (Å²) in [5, 5.41) is 2.70. The smallest absolute Gasteiger partial charge is 0.338 e. The van der Waals surface area contributed by atoms with E-state index in [-0.39, 0.29) is 33.8 Å². The average molecular weight is 495 g/mol. The van der Waals surface area contributed by atoms with Crippen molar-refractivity contribution in [3.8, 4) is 0 Å². The minimum absolute atomic E-state index is 0.0794. The van der Waals surface area contributed by atoms with Gasteiger partial charge in [-0.1, -0.05) is 30.5 Å². The van der Waals surface area contributed by atoms with Crippen molar-refractivity contribution in [3.63, 3.8) is 0 Å². The molecule has 1 aliphatic rings. The molecule has 176 valence electrons. The second-order valence-electron chi connectivity index (χ2n) is 7.57. The lowest BCUT2D eigenvalue weighted by molar-refractivity contribution is -0.124. The third-order valence-electron chi connectivity index (χ3n) is 5.20. The molecule has 10 heteroatoms. The van der Waals surface area contributed by atoms with Gasteiger partial charge in [-0.15, -0.1) is 6.58 Å². The second-order valence-corrected chi connectivity index (χ2v) is 9.81. The number of rotatable bonds is 9. The zero-order valence-electron chi connectivity index (χ0n) is 17.8. The summed E-state index contributed by atoms with van der Waals surface area (Å²) in [6.45, 7) is 2.99. The first-order valence-corrected chi connectivity index (χ1v) is 12.2. The van der Waals surface area contributed by atoms with Gasteiger partial charge >= 0.3 is 5.97 Å². The number of hydrogen-bond donors (Lipinski definition) is 1. The van der Waals surface area contributed by atoms with Crippen molar-refractivity contribution in [3.05, 3.63) is 71.5 Å². The molecule has 1 aliphatic carbocycles. The number of carbonyl (C=O) groups is 2. The first-order valence-electron chi connectivity index (χ1n) is 10.4. The molecule has 0 saturated heterocycles. The molecular formula is C23H24ClFN2O5S. The topological polar surface area (TPSA) is 92.8 Å². The maximum atomic E-state index is 13.3. The zero-order valence-corrected chi connectivity index (χ0v) is 19.4. The van der Waals surface area contributed by atoms with Gasteiger partial charge in [0.05, 0.1) is 22.8 Å². The van der Waals surface area contributed by atoms with E-state index in [0.29, 0.717) is 0 Å². The van der Waals surface area contributed by atoms with Crippen molar-refractivity contribution in [1.82, 2.24) is 5.32 Å². The van der Waals surface area contributed by atoms with Crippen molar-refractivity contribution in [1.29, 1.82) is 0 Å². The molecule has 1 N–H and O–H groups in total. The fourth-order valence-corrected chi connectivity index (χ4v) is 5.51. The predicted octanol–water partition coefficient (Wildman–Crippen LogP) is 4.08. The Kier molecular flexibility index (Phi) is 8.10. The van der Waals surface area contributed by atoms with Crippen LogP contribution < -0.4 is 9.62 Å². The minimum Gasteiger partial charge on any atom is -0.452 e. The van der Waals surface area contributed by atoms with Gasteiger partial charge in [-0.25, -0.2) is 17.6 Å². The molecule has 7 nitrogen and oxygen atoms in total. The lowest BCUT2D eigenvalue weighted by atomic mass is 10.2. The fraction of sp³-hybridized carbons (Fsp3) is 0.304. The number of benzene rings is 2. The maximum Gasteiger partial charge on any atom is 0.338 e. The second kappa shape index (κ2) is 10.8. The van der Waals surface area contributed by atoms with Crippen LogP contribution in [0.4, 0.5) is 10.1 Å². The van der Waals surface area contributed by atoms with Gasteiger partial charge in [0, 0.05) is 6.04 Å². The summed E-state index contributed by atoms with van der Waals surface area (Å²) in [7, 11) is -4.24. The highest BCUT2D eigenvalue weighted by molar-refractivity contribution is 7.93. The molecule has 1 saturated carbocycles. The Hall–Kier alpha value is -2.91. The summed E-state index contributed by atoms with van der Waals surface area (Å²) in [5.41, 5.74) is 0.119. The SMILES string of the molecule is C=CCN(c1ccc(F)cc1)S(=O)(=O)c1cc(C(=O)OCC(=O)NC2CCCC2)ccc1Cl. The Bertz CT molecular complexity index is 1130. The van der Waals surface area contributed by atoms with Crippen LogP contribution in [0.1, 0.15) is 36.0 Å². The van der Waals surface area contributed by atoms with Crippen LogP contribution in [0.15, 0.2) is 60.0 Å². The van der Waals surface area contributed by atoms with E-state index in [2.05, 4.69) is 11.9 Å². The Morgan fingerprint density at radius 3 is 2.48 bits per heavy atom. The van der Waals surface area contributed by atoms with Gasteiger partial charge in [0.15, 0.2) is 6.61 Å². The van der Waals surface area contributed by atoms with E-state index in [1.165, 1.54) is 30.3 Å². The fourth-order valence-electron chi connectivity index (χ4n) is 3.57. The van der Waals surface area contributed by atoms with Gasteiger partial charge in [-0.05, 0) is 55.3 Å². The monoisotopic (exact) mass is 494 g/mol. The largest absolute Gasteiger partial charge is 0.452 e. The molecule has 0 atom stereocenters. The first-order chi connectivity index (χ1) is 15.7. The van der Waals surface area contributed by atoms with Crippen molar-refractivity contribution in [2.24, 2.45) is 0 Å². The van der Waals surface area contributed by atoms with E-state index in [1.807, 2.05) is 0 Å². The summed E-state index contributed by atoms with van der Waals surface area (Å²) in [6, 6.07) is 8.64. The predicted molar refractivity (Wildman–Crippen MR) is 123 cm³/mol. The number of anilines is 1. The summed E-state index contributed by atoms with van der Waals surface area (Å²) in [4.78, 5) is 24.1. The molecule has 0 aromatic heterocycles. The van der Waals surface area contributed by atoms with Gasteiger partial charge in [0.2, 0.25) is 0 Å². The zero-order chi connectivity index (χ0) is 24.0. The highest BCUT2D eigenvalue weighted by atomic mass is 35.5. The number of nitrogens with one attached hydrogen (secondary N) is 1. The van der Waals surface area contributed by atoms with Crippen LogP contribution in [-0.4, -0.2) is 39.5 Å². The molecule has 2 aromatic rings. The molecule has 0 heterocycles. The standard InChI is InChI=1S/C23H24ClFN2O5S/c1-2-13-27(19-10-8-17(25)9-11-19)33(30,31)21-14-16(7-12-20(21)24)23(29)32-15-22(28)26-18-5-3-4-6-18/h2,7-12,14,18H,1,3-6,13,15H2,(H,26,28). The Morgan fingerprint density at radius 1 is 1.18 bits per heavy atom. The van der Waals surface area contributed by atoms with Gasteiger partial charge in [0.1, 0.15) is 10.7 Å². The third-order valence-corrected chi connectivity index (χ3v) is 7.47. The molecule has 1 fully saturated rings. The number of carbonyl (C=O) groups excluding carboxylic acids is 2. The number of ether oxygens (including phenoxy) is 1. The molecule has 33 heavy (non-hydrogen) atoms. The van der Waals surface area contributed by atoms with Crippen LogP contribution in [0, 0.1) is 5.82 Å². The summed E-state index contributed by atoms with van der Waals surface area (Å²) >= 11 is 6.16. The number of esters is 1. The molecule has 0 unspecified atom stereocenters. The molecule has 2 aromatic carbocycles. The van der Waals surface area contributed by atoms with E-state index in [0.717, 1.165) is 48.2 Å². The van der Waals surface area contributed by atoms with Crippen LogP contribution >= 0.6 is 11.6 Å². The molecule has 1 amide bonds. The number of nitrogens with zero attached hydrogens (tertiary/aromatic N) is 1. The molecule has 3 rings (SSSR count). The lowest BCUT2D eigenvalue weighted by Gasteiger charge is -2.24. The summed E-state index contributed by atoms with van der Waals surface area (Å²) in [5.74, 6) is -1.79. The quantitative estimate of drug-likeness (QED) is 0.419. The molecule has 0 radical (unpaired) electrons. The number of sulfonamides is 1. The maximum absolute atomic E-state index is 13.3. The van der Waals surface area contributed by atoms with Gasteiger partial charge < -0.3 is 10.1 Å². The minimum atomic E-state index is -4.24. The van der Waals surface area contributed by atoms with Gasteiger partial charge in [0.25, 0.3) is 15.9 Å². The van der Waals surface area contributed by atoms with E-state index >= 15 is 0 Å². The Morgan fingerprint density at radius 2 is 1.85 bits per heavy atom. The Balaban J connectivity index is 1.79. The van der Waals surface area contributed by atoms with Gasteiger partial charge in [-0.2, -0.15) is 0 Å². The molecular weight excluding hydrogens is 471 g/mol. The van der Waals surface area contributed by atoms with Crippen LogP contribution in [-0.2, 0) is 19.6 Å². The highest BCUT2D eigenvalue weighted by Gasteiger charge is 2.28. The van der Waals surface area contributed by atoms with Crippen LogP contribution in [0.5, 0.6) is 0 Å². The third kappa shape index (κ3) is 6.11. The van der Waals surface area contributed by atoms with Crippen LogP contribution in [0.25, 0.3) is 0 Å². The summed E-state index contributed by atoms with van der Waals surface area (Å²) < 4.78 is 46.1. The molecule has 0 aliphatic heterocycles. The van der Waals surface area contributed by atoms with Crippen molar-refractivity contribution < 1.29 is 27.1 Å². The highest BCUT2D eigenvalue weighted by Crippen LogP contribution is 2.30. The van der Waals surface area contributed by atoms with Crippen molar-refractivity contribution in [2.45, 2.75) is 36.6 Å². The van der Waals surface area contributed by atoms with E-state index < -0.39 is 34.3 Å². The van der Waals surface area contributed by atoms with Crippen LogP contribution in [0.2, 0.25) is 5.02 Å². The number of amides is 1. The Labute approximate surface area is 197 Å². The van der Waals surface area contributed by atoms with Crippen LogP contribution in [0.3, 0.4) is 0 Å². The normalized spacial score (nSPS) is 14.0. The number of hydrogen-bond acceptors (Lipinski definition) is 5. The number of halogens is 2. The van der Waals surface area contributed by atoms with E-state index in [9.17, 15) is 22.4 Å².